The average molecular weight is 676 g/mol. The third kappa shape index (κ3) is 20.8. The molecule has 1 aromatic carbocycles. The van der Waals surface area contributed by atoms with Crippen LogP contribution in [0.4, 0.5) is 0 Å². The lowest BCUT2D eigenvalue weighted by atomic mass is 10.1. The maximum atomic E-state index is 12.3. The number of aliphatic hydroxyl groups excluding tert-OH is 1. The van der Waals surface area contributed by atoms with E-state index in [9.17, 15) is 9.59 Å². The van der Waals surface area contributed by atoms with Gasteiger partial charge in [0.05, 0.1) is 170 Å². The highest BCUT2D eigenvalue weighted by atomic mass is 16.6. The molecule has 0 bridgehead atoms. The fraction of sp³-hybridized carbons (Fsp3) is 0.750. The molecule has 0 unspecified atom stereocenters. The van der Waals surface area contributed by atoms with Crippen LogP contribution in [0.3, 0.4) is 0 Å². The van der Waals surface area contributed by atoms with Crippen LogP contribution in [0.1, 0.15) is 20.7 Å². The summed E-state index contributed by atoms with van der Waals surface area (Å²) in [4.78, 5) is 25.8. The fourth-order valence-corrected chi connectivity index (χ4v) is 3.96. The summed E-state index contributed by atoms with van der Waals surface area (Å²) in [6, 6.07) is 6.81. The van der Waals surface area contributed by atoms with Crippen molar-refractivity contribution in [3.8, 4) is 0 Å². The highest BCUT2D eigenvalue weighted by Crippen LogP contribution is 2.21. The Balaban J connectivity index is 1.18. The number of rotatable bonds is 35. The standard InChI is InChI=1S/C32H53NO14/c34-6-8-38-10-12-40-14-16-42-18-20-44-22-24-46-26-28-47-27-25-45-23-21-43-19-17-41-15-13-39-11-9-37-7-5-33-31(35)29-3-1-2-4-30(29)32(33)36/h1-4,34H,5-28H2. The van der Waals surface area contributed by atoms with E-state index in [-0.39, 0.29) is 31.6 Å². The molecule has 0 spiro atoms. The smallest absolute Gasteiger partial charge is 0.261 e. The second kappa shape index (κ2) is 30.0. The molecule has 1 aliphatic heterocycles. The van der Waals surface area contributed by atoms with E-state index in [4.69, 9.17) is 57.2 Å². The minimum atomic E-state index is -0.280. The SMILES string of the molecule is O=C1c2ccccc2C(=O)N1CCOCCOCCOCCOCCOCCOCCOCCOCCOCCOCCOCCO. The Kier molecular flexibility index (Phi) is 26.2. The number of hydrogen-bond acceptors (Lipinski definition) is 14. The zero-order valence-corrected chi connectivity index (χ0v) is 27.5. The summed E-state index contributed by atoms with van der Waals surface area (Å²) < 4.78 is 59.5. The second-order valence-electron chi connectivity index (χ2n) is 9.77. The first-order valence-electron chi connectivity index (χ1n) is 16.2. The van der Waals surface area contributed by atoms with E-state index in [2.05, 4.69) is 0 Å². The van der Waals surface area contributed by atoms with Crippen molar-refractivity contribution in [2.45, 2.75) is 0 Å². The Morgan fingerprint density at radius 3 is 0.872 bits per heavy atom. The molecule has 1 N–H and O–H groups in total. The van der Waals surface area contributed by atoms with E-state index in [0.717, 1.165) is 0 Å². The number of aliphatic hydroxyl groups is 1. The number of amides is 2. The van der Waals surface area contributed by atoms with Gasteiger partial charge in [-0.15, -0.1) is 0 Å². The van der Waals surface area contributed by atoms with Crippen LogP contribution in [-0.2, 0) is 52.1 Å². The van der Waals surface area contributed by atoms with Crippen LogP contribution in [0.15, 0.2) is 24.3 Å². The highest BCUT2D eigenvalue weighted by molar-refractivity contribution is 6.21. The average Bonchev–Trinajstić information content (AvgIpc) is 3.33. The maximum Gasteiger partial charge on any atom is 0.261 e. The first-order valence-corrected chi connectivity index (χ1v) is 16.2. The summed E-state index contributed by atoms with van der Waals surface area (Å²) in [5.41, 5.74) is 0.880. The van der Waals surface area contributed by atoms with E-state index < -0.39 is 0 Å². The topological polar surface area (TPSA) is 159 Å². The van der Waals surface area contributed by atoms with Crippen molar-refractivity contribution < 1.29 is 66.8 Å². The zero-order valence-electron chi connectivity index (χ0n) is 27.5. The van der Waals surface area contributed by atoms with Gasteiger partial charge in [0.25, 0.3) is 11.8 Å². The van der Waals surface area contributed by atoms with Gasteiger partial charge in [-0.2, -0.15) is 0 Å². The number of benzene rings is 1. The van der Waals surface area contributed by atoms with Gasteiger partial charge in [-0.1, -0.05) is 12.1 Å². The Morgan fingerprint density at radius 1 is 0.383 bits per heavy atom. The normalized spacial score (nSPS) is 12.8. The van der Waals surface area contributed by atoms with Crippen molar-refractivity contribution in [3.63, 3.8) is 0 Å². The summed E-state index contributed by atoms with van der Waals surface area (Å²) in [5, 5.41) is 8.58. The Labute approximate surface area is 277 Å². The summed E-state index contributed by atoms with van der Waals surface area (Å²) in [6.45, 7) is 10.2. The lowest BCUT2D eigenvalue weighted by Gasteiger charge is -2.13. The molecule has 0 aliphatic carbocycles. The van der Waals surface area contributed by atoms with Crippen molar-refractivity contribution in [2.75, 3.05) is 159 Å². The number of ether oxygens (including phenoxy) is 11. The molecule has 1 aromatic rings. The number of imide groups is 1. The molecular formula is C32H53NO14. The van der Waals surface area contributed by atoms with Crippen molar-refractivity contribution in [3.05, 3.63) is 35.4 Å². The molecule has 0 aromatic heterocycles. The second-order valence-corrected chi connectivity index (χ2v) is 9.77. The summed E-state index contributed by atoms with van der Waals surface area (Å²) in [7, 11) is 0. The molecule has 0 saturated heterocycles. The molecule has 0 saturated carbocycles. The van der Waals surface area contributed by atoms with Crippen LogP contribution in [0.2, 0.25) is 0 Å². The minimum absolute atomic E-state index is 0.0190. The Morgan fingerprint density at radius 2 is 0.617 bits per heavy atom. The van der Waals surface area contributed by atoms with Crippen molar-refractivity contribution in [1.82, 2.24) is 4.90 Å². The van der Waals surface area contributed by atoms with Gasteiger partial charge in [-0.25, -0.2) is 0 Å². The van der Waals surface area contributed by atoms with E-state index in [1.54, 1.807) is 24.3 Å². The van der Waals surface area contributed by atoms with Gasteiger partial charge in [0.15, 0.2) is 0 Å². The monoisotopic (exact) mass is 675 g/mol. The molecule has 0 atom stereocenters. The van der Waals surface area contributed by atoms with Crippen LogP contribution in [0.25, 0.3) is 0 Å². The van der Waals surface area contributed by atoms with Gasteiger partial charge < -0.3 is 57.2 Å². The largest absolute Gasteiger partial charge is 0.394 e. The van der Waals surface area contributed by atoms with Gasteiger partial charge in [0.1, 0.15) is 0 Å². The predicted octanol–water partition coefficient (Wildman–Crippen LogP) is 0.458. The molecule has 15 heteroatoms. The first-order chi connectivity index (χ1) is 23.3. The molecule has 47 heavy (non-hydrogen) atoms. The number of carbonyl (C=O) groups excluding carboxylic acids is 2. The molecular weight excluding hydrogens is 622 g/mol. The molecule has 270 valence electrons. The minimum Gasteiger partial charge on any atom is -0.394 e. The molecule has 0 radical (unpaired) electrons. The van der Waals surface area contributed by atoms with E-state index in [1.807, 2.05) is 0 Å². The maximum absolute atomic E-state index is 12.3. The van der Waals surface area contributed by atoms with Crippen LogP contribution >= 0.6 is 0 Å². The van der Waals surface area contributed by atoms with Gasteiger partial charge in [-0.05, 0) is 12.1 Å². The molecule has 1 aliphatic rings. The van der Waals surface area contributed by atoms with E-state index in [1.165, 1.54) is 4.90 Å². The third-order valence-electron chi connectivity index (χ3n) is 6.29. The molecule has 2 rings (SSSR count). The Bertz CT molecular complexity index is 873. The van der Waals surface area contributed by atoms with Crippen LogP contribution in [-0.4, -0.2) is 180 Å². The van der Waals surface area contributed by atoms with Gasteiger partial charge in [0.2, 0.25) is 0 Å². The molecule has 2 amide bonds. The lowest BCUT2D eigenvalue weighted by Crippen LogP contribution is -2.33. The first kappa shape index (κ1) is 41.1. The number of fused-ring (bicyclic) bond motifs is 1. The zero-order chi connectivity index (χ0) is 33.5. The van der Waals surface area contributed by atoms with E-state index in [0.29, 0.717) is 150 Å². The number of hydrogen-bond donors (Lipinski definition) is 1. The van der Waals surface area contributed by atoms with Crippen LogP contribution in [0.5, 0.6) is 0 Å². The lowest BCUT2D eigenvalue weighted by molar-refractivity contribution is -0.0279. The number of carbonyl (C=O) groups is 2. The van der Waals surface area contributed by atoms with Crippen molar-refractivity contribution in [1.29, 1.82) is 0 Å². The molecule has 0 fully saturated rings. The summed E-state index contributed by atoms with van der Waals surface area (Å²) >= 11 is 0. The van der Waals surface area contributed by atoms with Gasteiger partial charge >= 0.3 is 0 Å². The quantitative estimate of drug-likeness (QED) is 0.0781. The predicted molar refractivity (Wildman–Crippen MR) is 168 cm³/mol. The van der Waals surface area contributed by atoms with Crippen molar-refractivity contribution in [2.24, 2.45) is 0 Å². The van der Waals surface area contributed by atoms with Gasteiger partial charge in [0, 0.05) is 0 Å². The Hall–Kier alpha value is -2.12. The highest BCUT2D eigenvalue weighted by Gasteiger charge is 2.34. The summed E-state index contributed by atoms with van der Waals surface area (Å²) in [6.07, 6.45) is 0. The van der Waals surface area contributed by atoms with Crippen LogP contribution < -0.4 is 0 Å². The molecule has 15 nitrogen and oxygen atoms in total. The summed E-state index contributed by atoms with van der Waals surface area (Å²) in [5.74, 6) is -0.559. The van der Waals surface area contributed by atoms with E-state index >= 15 is 0 Å². The van der Waals surface area contributed by atoms with Crippen molar-refractivity contribution >= 4 is 11.8 Å². The number of nitrogens with zero attached hydrogens (tertiary/aromatic N) is 1. The fourth-order valence-electron chi connectivity index (χ4n) is 3.96. The molecule has 1 heterocycles. The van der Waals surface area contributed by atoms with Crippen LogP contribution in [0, 0.1) is 0 Å². The van der Waals surface area contributed by atoms with Gasteiger partial charge in [-0.3, -0.25) is 14.5 Å². The third-order valence-corrected chi connectivity index (χ3v) is 6.29.